The lowest BCUT2D eigenvalue weighted by molar-refractivity contribution is 0.184. The minimum atomic E-state index is -0.122. The molecule has 0 fully saturated rings. The summed E-state index contributed by atoms with van der Waals surface area (Å²) in [5, 5.41) is 8.65. The first-order valence-corrected chi connectivity index (χ1v) is 6.71. The Hall–Kier alpha value is -2.28. The summed E-state index contributed by atoms with van der Waals surface area (Å²) in [7, 11) is 1.68. The Bertz CT molecular complexity index is 621. The fourth-order valence-corrected chi connectivity index (χ4v) is 1.88. The van der Waals surface area contributed by atoms with E-state index in [0.29, 0.717) is 13.2 Å². The molecule has 0 aliphatic heterocycles. The monoisotopic (exact) mass is 282 g/mol. The standard InChI is InChI=1S/C18H18O3/c1-20-13-17-4-2-6-18(12-17)21-14-16-9-7-15(8-10-16)5-3-11-19/h2,4,6-10,12,19H,11,13-14H2,1H3. The average molecular weight is 282 g/mol. The van der Waals surface area contributed by atoms with E-state index in [0.717, 1.165) is 22.4 Å². The topological polar surface area (TPSA) is 38.7 Å². The minimum absolute atomic E-state index is 0.122. The van der Waals surface area contributed by atoms with Crippen molar-refractivity contribution in [1.82, 2.24) is 0 Å². The molecule has 0 atom stereocenters. The van der Waals surface area contributed by atoms with E-state index in [-0.39, 0.29) is 6.61 Å². The van der Waals surface area contributed by atoms with Crippen molar-refractivity contribution >= 4 is 0 Å². The van der Waals surface area contributed by atoms with Crippen LogP contribution in [0.2, 0.25) is 0 Å². The molecule has 0 aliphatic rings. The Morgan fingerprint density at radius 1 is 1.00 bits per heavy atom. The van der Waals surface area contributed by atoms with E-state index < -0.39 is 0 Å². The third kappa shape index (κ3) is 4.96. The van der Waals surface area contributed by atoms with Crippen LogP contribution in [0.4, 0.5) is 0 Å². The molecular weight excluding hydrogens is 264 g/mol. The Balaban J connectivity index is 1.94. The number of aliphatic hydroxyl groups is 1. The molecule has 2 aromatic carbocycles. The molecule has 108 valence electrons. The first-order chi connectivity index (χ1) is 10.3. The van der Waals surface area contributed by atoms with Crippen molar-refractivity contribution in [3.05, 3.63) is 65.2 Å². The molecule has 0 bridgehead atoms. The fraction of sp³-hybridized carbons (Fsp3) is 0.222. The molecule has 2 aromatic rings. The van der Waals surface area contributed by atoms with Crippen LogP contribution in [0.1, 0.15) is 16.7 Å². The van der Waals surface area contributed by atoms with E-state index in [1.807, 2.05) is 48.5 Å². The largest absolute Gasteiger partial charge is 0.489 e. The van der Waals surface area contributed by atoms with Gasteiger partial charge in [-0.25, -0.2) is 0 Å². The molecule has 3 heteroatoms. The number of benzene rings is 2. The summed E-state index contributed by atoms with van der Waals surface area (Å²) in [6.07, 6.45) is 0. The van der Waals surface area contributed by atoms with Gasteiger partial charge in [0.25, 0.3) is 0 Å². The second-order valence-corrected chi connectivity index (χ2v) is 4.53. The molecule has 0 spiro atoms. The van der Waals surface area contributed by atoms with Gasteiger partial charge in [-0.15, -0.1) is 0 Å². The second-order valence-electron chi connectivity index (χ2n) is 4.53. The third-order valence-electron chi connectivity index (χ3n) is 2.88. The van der Waals surface area contributed by atoms with Crippen molar-refractivity contribution in [3.8, 4) is 17.6 Å². The predicted octanol–water partition coefficient (Wildman–Crippen LogP) is 2.76. The number of hydrogen-bond donors (Lipinski definition) is 1. The molecule has 0 saturated carbocycles. The van der Waals surface area contributed by atoms with Gasteiger partial charge in [-0.05, 0) is 35.4 Å². The van der Waals surface area contributed by atoms with Gasteiger partial charge in [0.2, 0.25) is 0 Å². The SMILES string of the molecule is COCc1cccc(OCc2ccc(C#CCO)cc2)c1. The highest BCUT2D eigenvalue weighted by Gasteiger charge is 1.98. The van der Waals surface area contributed by atoms with Gasteiger partial charge in [0.1, 0.15) is 19.0 Å². The van der Waals surface area contributed by atoms with Gasteiger partial charge in [0.15, 0.2) is 0 Å². The van der Waals surface area contributed by atoms with Gasteiger partial charge in [-0.3, -0.25) is 0 Å². The van der Waals surface area contributed by atoms with Gasteiger partial charge < -0.3 is 14.6 Å². The van der Waals surface area contributed by atoms with Crippen molar-refractivity contribution in [3.63, 3.8) is 0 Å². The van der Waals surface area contributed by atoms with E-state index in [2.05, 4.69) is 11.8 Å². The van der Waals surface area contributed by atoms with Crippen LogP contribution >= 0.6 is 0 Å². The molecule has 3 nitrogen and oxygen atoms in total. The number of methoxy groups -OCH3 is 1. The third-order valence-corrected chi connectivity index (χ3v) is 2.88. The van der Waals surface area contributed by atoms with Crippen LogP contribution in [0.3, 0.4) is 0 Å². The molecule has 0 heterocycles. The highest BCUT2D eigenvalue weighted by atomic mass is 16.5. The number of ether oxygens (including phenoxy) is 2. The van der Waals surface area contributed by atoms with Gasteiger partial charge in [0, 0.05) is 12.7 Å². The maximum absolute atomic E-state index is 8.65. The van der Waals surface area contributed by atoms with Crippen LogP contribution in [0, 0.1) is 11.8 Å². The number of hydrogen-bond acceptors (Lipinski definition) is 3. The lowest BCUT2D eigenvalue weighted by atomic mass is 10.1. The molecule has 2 rings (SSSR count). The van der Waals surface area contributed by atoms with Crippen molar-refractivity contribution < 1.29 is 14.6 Å². The van der Waals surface area contributed by atoms with Crippen LogP contribution < -0.4 is 4.74 Å². The van der Waals surface area contributed by atoms with Crippen LogP contribution in [0.5, 0.6) is 5.75 Å². The zero-order valence-electron chi connectivity index (χ0n) is 12.0. The maximum atomic E-state index is 8.65. The Kier molecular flexibility index (Phi) is 5.83. The highest BCUT2D eigenvalue weighted by molar-refractivity contribution is 5.36. The smallest absolute Gasteiger partial charge is 0.120 e. The molecule has 0 radical (unpaired) electrons. The van der Waals surface area contributed by atoms with Crippen LogP contribution in [-0.2, 0) is 18.0 Å². The van der Waals surface area contributed by atoms with Gasteiger partial charge in [-0.1, -0.05) is 36.1 Å². The quantitative estimate of drug-likeness (QED) is 0.857. The molecule has 0 unspecified atom stereocenters. The lowest BCUT2D eigenvalue weighted by Crippen LogP contribution is -1.96. The van der Waals surface area contributed by atoms with Crippen LogP contribution in [0.25, 0.3) is 0 Å². The molecule has 0 aliphatic carbocycles. The van der Waals surface area contributed by atoms with Crippen molar-refractivity contribution in [2.24, 2.45) is 0 Å². The minimum Gasteiger partial charge on any atom is -0.489 e. The zero-order valence-corrected chi connectivity index (χ0v) is 12.0. The molecule has 0 amide bonds. The summed E-state index contributed by atoms with van der Waals surface area (Å²) in [5.41, 5.74) is 3.04. The van der Waals surface area contributed by atoms with Gasteiger partial charge in [0.05, 0.1) is 6.61 Å². The zero-order chi connectivity index (χ0) is 14.9. The number of aliphatic hydroxyl groups excluding tert-OH is 1. The van der Waals surface area contributed by atoms with Crippen LogP contribution in [-0.4, -0.2) is 18.8 Å². The van der Waals surface area contributed by atoms with Crippen molar-refractivity contribution in [2.45, 2.75) is 13.2 Å². The molecule has 0 saturated heterocycles. The molecule has 21 heavy (non-hydrogen) atoms. The predicted molar refractivity (Wildman–Crippen MR) is 81.9 cm³/mol. The number of rotatable bonds is 5. The Labute approximate surface area is 125 Å². The molecular formula is C18H18O3. The lowest BCUT2D eigenvalue weighted by Gasteiger charge is -2.08. The van der Waals surface area contributed by atoms with Gasteiger partial charge >= 0.3 is 0 Å². The maximum Gasteiger partial charge on any atom is 0.120 e. The van der Waals surface area contributed by atoms with E-state index in [1.54, 1.807) is 7.11 Å². The van der Waals surface area contributed by atoms with Crippen molar-refractivity contribution in [2.75, 3.05) is 13.7 Å². The summed E-state index contributed by atoms with van der Waals surface area (Å²) >= 11 is 0. The van der Waals surface area contributed by atoms with Gasteiger partial charge in [-0.2, -0.15) is 0 Å². The summed E-state index contributed by atoms with van der Waals surface area (Å²) < 4.78 is 10.9. The Morgan fingerprint density at radius 3 is 2.52 bits per heavy atom. The average Bonchev–Trinajstić information content (AvgIpc) is 2.53. The Morgan fingerprint density at radius 2 is 1.81 bits per heavy atom. The summed E-state index contributed by atoms with van der Waals surface area (Å²) in [5.74, 6) is 6.31. The first kappa shape index (κ1) is 15.1. The second kappa shape index (κ2) is 8.11. The first-order valence-electron chi connectivity index (χ1n) is 6.71. The summed E-state index contributed by atoms with van der Waals surface area (Å²) in [4.78, 5) is 0. The molecule has 1 N–H and O–H groups in total. The normalized spacial score (nSPS) is 9.81. The summed E-state index contributed by atoms with van der Waals surface area (Å²) in [6, 6.07) is 15.7. The van der Waals surface area contributed by atoms with E-state index >= 15 is 0 Å². The van der Waals surface area contributed by atoms with Crippen molar-refractivity contribution in [1.29, 1.82) is 0 Å². The summed E-state index contributed by atoms with van der Waals surface area (Å²) in [6.45, 7) is 0.961. The van der Waals surface area contributed by atoms with E-state index in [9.17, 15) is 0 Å². The molecule has 0 aromatic heterocycles. The van der Waals surface area contributed by atoms with Crippen LogP contribution in [0.15, 0.2) is 48.5 Å². The highest BCUT2D eigenvalue weighted by Crippen LogP contribution is 2.16. The van der Waals surface area contributed by atoms with E-state index in [1.165, 1.54) is 0 Å². The fourth-order valence-electron chi connectivity index (χ4n) is 1.88. The van der Waals surface area contributed by atoms with E-state index in [4.69, 9.17) is 14.6 Å².